The second-order valence-corrected chi connectivity index (χ2v) is 7.87. The number of hydrogen-bond donors (Lipinski definition) is 1. The van der Waals surface area contributed by atoms with Crippen molar-refractivity contribution in [2.75, 3.05) is 11.1 Å². The van der Waals surface area contributed by atoms with Crippen molar-refractivity contribution in [2.24, 2.45) is 0 Å². The summed E-state index contributed by atoms with van der Waals surface area (Å²) in [5, 5.41) is 3.76. The first-order valence-electron chi connectivity index (χ1n) is 8.67. The fourth-order valence-electron chi connectivity index (χ4n) is 3.67. The average molecular weight is 355 g/mol. The van der Waals surface area contributed by atoms with E-state index in [1.54, 1.807) is 16.3 Å². The Kier molecular flexibility index (Phi) is 4.15. The van der Waals surface area contributed by atoms with Gasteiger partial charge in [0.05, 0.1) is 11.7 Å². The van der Waals surface area contributed by atoms with E-state index in [0.29, 0.717) is 6.42 Å². The molecule has 2 heterocycles. The lowest BCUT2D eigenvalue weighted by atomic mass is 10.1. The molecule has 2 aromatic rings. The Morgan fingerprint density at radius 2 is 2.20 bits per heavy atom. The monoisotopic (exact) mass is 355 g/mol. The van der Waals surface area contributed by atoms with E-state index in [-0.39, 0.29) is 17.5 Å². The standard InChI is InChI=1S/C19H21N3O2S/c1-11-6-7-15(12(2)8-11)20-17(23)9-13-10-25-19-21-16-5-3-4-14(16)18(24)22(13)19/h6-8,13H,3-5,9-10H2,1-2H3,(H,20,23). The van der Waals surface area contributed by atoms with Crippen LogP contribution < -0.4 is 10.9 Å². The Bertz CT molecular complexity index is 920. The summed E-state index contributed by atoms with van der Waals surface area (Å²) >= 11 is 1.58. The maximum Gasteiger partial charge on any atom is 0.257 e. The molecule has 0 saturated carbocycles. The molecule has 2 aliphatic rings. The topological polar surface area (TPSA) is 64.0 Å². The number of nitrogens with zero attached hydrogens (tertiary/aromatic N) is 2. The molecule has 1 amide bonds. The summed E-state index contributed by atoms with van der Waals surface area (Å²) in [5.41, 5.74) is 4.93. The van der Waals surface area contributed by atoms with Crippen LogP contribution in [0.2, 0.25) is 0 Å². The number of amides is 1. The zero-order chi connectivity index (χ0) is 17.6. The molecule has 1 aliphatic carbocycles. The summed E-state index contributed by atoms with van der Waals surface area (Å²) < 4.78 is 1.75. The molecule has 1 N–H and O–H groups in total. The number of anilines is 1. The van der Waals surface area contributed by atoms with Crippen molar-refractivity contribution in [1.82, 2.24) is 9.55 Å². The number of thioether (sulfide) groups is 1. The second kappa shape index (κ2) is 6.33. The molecule has 6 heteroatoms. The van der Waals surface area contributed by atoms with Crippen LogP contribution in [-0.2, 0) is 17.6 Å². The molecule has 0 fully saturated rings. The third-order valence-corrected chi connectivity index (χ3v) is 6.05. The van der Waals surface area contributed by atoms with Crippen LogP contribution in [-0.4, -0.2) is 21.2 Å². The predicted octanol–water partition coefficient (Wildman–Crippen LogP) is 3.02. The first-order valence-corrected chi connectivity index (χ1v) is 9.65. The van der Waals surface area contributed by atoms with Crippen molar-refractivity contribution < 1.29 is 4.79 Å². The summed E-state index contributed by atoms with van der Waals surface area (Å²) in [6.45, 7) is 4.02. The minimum atomic E-state index is -0.114. The van der Waals surface area contributed by atoms with Crippen LogP contribution in [0, 0.1) is 13.8 Å². The Morgan fingerprint density at radius 1 is 1.36 bits per heavy atom. The Labute approximate surface area is 150 Å². The van der Waals surface area contributed by atoms with Crippen LogP contribution in [0.4, 0.5) is 5.69 Å². The zero-order valence-electron chi connectivity index (χ0n) is 14.5. The summed E-state index contributed by atoms with van der Waals surface area (Å²) in [7, 11) is 0. The lowest BCUT2D eigenvalue weighted by Crippen LogP contribution is -2.30. The van der Waals surface area contributed by atoms with Gasteiger partial charge in [-0.2, -0.15) is 0 Å². The van der Waals surface area contributed by atoms with Gasteiger partial charge < -0.3 is 5.32 Å². The molecule has 4 rings (SSSR count). The maximum atomic E-state index is 12.8. The van der Waals surface area contributed by atoms with Gasteiger partial charge in [-0.15, -0.1) is 0 Å². The van der Waals surface area contributed by atoms with Gasteiger partial charge in [-0.3, -0.25) is 14.2 Å². The summed E-state index contributed by atoms with van der Waals surface area (Å²) in [4.78, 5) is 29.9. The Hall–Kier alpha value is -2.08. The highest BCUT2D eigenvalue weighted by Crippen LogP contribution is 2.34. The number of aryl methyl sites for hydroxylation is 3. The molecule has 1 aliphatic heterocycles. The number of hydrogen-bond acceptors (Lipinski definition) is 4. The number of aromatic nitrogens is 2. The van der Waals surface area contributed by atoms with Gasteiger partial charge in [0.1, 0.15) is 0 Å². The van der Waals surface area contributed by atoms with Gasteiger partial charge in [-0.05, 0) is 44.7 Å². The molecule has 1 aromatic heterocycles. The lowest BCUT2D eigenvalue weighted by Gasteiger charge is -2.15. The van der Waals surface area contributed by atoms with Gasteiger partial charge in [0.15, 0.2) is 5.16 Å². The highest BCUT2D eigenvalue weighted by molar-refractivity contribution is 7.99. The third kappa shape index (κ3) is 2.99. The molecule has 5 nitrogen and oxygen atoms in total. The quantitative estimate of drug-likeness (QED) is 0.860. The highest BCUT2D eigenvalue weighted by Gasteiger charge is 2.31. The van der Waals surface area contributed by atoms with Crippen LogP contribution in [0.25, 0.3) is 0 Å². The molecule has 130 valence electrons. The van der Waals surface area contributed by atoms with E-state index in [1.807, 2.05) is 32.0 Å². The van der Waals surface area contributed by atoms with E-state index in [4.69, 9.17) is 0 Å². The normalized spacial score (nSPS) is 18.1. The van der Waals surface area contributed by atoms with Crippen LogP contribution in [0.15, 0.2) is 28.2 Å². The molecule has 25 heavy (non-hydrogen) atoms. The van der Waals surface area contributed by atoms with E-state index in [1.165, 1.54) is 5.56 Å². The molecule has 0 spiro atoms. The van der Waals surface area contributed by atoms with E-state index in [0.717, 1.165) is 52.7 Å². The fraction of sp³-hybridized carbons (Fsp3) is 0.421. The van der Waals surface area contributed by atoms with E-state index in [9.17, 15) is 9.59 Å². The number of fused-ring (bicyclic) bond motifs is 2. The Balaban J connectivity index is 1.54. The molecule has 0 bridgehead atoms. The minimum Gasteiger partial charge on any atom is -0.326 e. The van der Waals surface area contributed by atoms with Gasteiger partial charge in [0, 0.05) is 23.4 Å². The van der Waals surface area contributed by atoms with E-state index >= 15 is 0 Å². The SMILES string of the molecule is Cc1ccc(NC(=O)CC2CSc3nc4c(c(=O)n32)CCC4)c(C)c1. The second-order valence-electron chi connectivity index (χ2n) is 6.88. The van der Waals surface area contributed by atoms with E-state index in [2.05, 4.69) is 10.3 Å². The fourth-order valence-corrected chi connectivity index (χ4v) is 4.83. The van der Waals surface area contributed by atoms with Crippen molar-refractivity contribution in [3.63, 3.8) is 0 Å². The third-order valence-electron chi connectivity index (χ3n) is 4.95. The molecular formula is C19H21N3O2S. The number of rotatable bonds is 3. The van der Waals surface area contributed by atoms with Gasteiger partial charge >= 0.3 is 0 Å². The van der Waals surface area contributed by atoms with Crippen molar-refractivity contribution in [1.29, 1.82) is 0 Å². The molecule has 0 radical (unpaired) electrons. The number of benzene rings is 1. The predicted molar refractivity (Wildman–Crippen MR) is 99.4 cm³/mol. The van der Waals surface area contributed by atoms with Gasteiger partial charge in [0.2, 0.25) is 5.91 Å². The molecular weight excluding hydrogens is 334 g/mol. The van der Waals surface area contributed by atoms with Gasteiger partial charge in [-0.1, -0.05) is 29.5 Å². The van der Waals surface area contributed by atoms with Crippen molar-refractivity contribution >= 4 is 23.4 Å². The number of nitrogens with one attached hydrogen (secondary N) is 1. The molecule has 1 atom stereocenters. The lowest BCUT2D eigenvalue weighted by molar-refractivity contribution is -0.116. The molecule has 1 aromatic carbocycles. The zero-order valence-corrected chi connectivity index (χ0v) is 15.3. The largest absolute Gasteiger partial charge is 0.326 e. The molecule has 0 saturated heterocycles. The first-order chi connectivity index (χ1) is 12.0. The van der Waals surface area contributed by atoms with Crippen molar-refractivity contribution in [2.45, 2.75) is 50.7 Å². The number of carbonyl (C=O) groups is 1. The first kappa shape index (κ1) is 16.4. The van der Waals surface area contributed by atoms with Gasteiger partial charge in [0.25, 0.3) is 5.56 Å². The van der Waals surface area contributed by atoms with Gasteiger partial charge in [-0.25, -0.2) is 4.98 Å². The number of carbonyl (C=O) groups excluding carboxylic acids is 1. The summed E-state index contributed by atoms with van der Waals surface area (Å²) in [6, 6.07) is 5.85. The Morgan fingerprint density at radius 3 is 3.00 bits per heavy atom. The van der Waals surface area contributed by atoms with Crippen LogP contribution >= 0.6 is 11.8 Å². The van der Waals surface area contributed by atoms with Crippen molar-refractivity contribution in [3.8, 4) is 0 Å². The van der Waals surface area contributed by atoms with Crippen LogP contribution in [0.1, 0.15) is 41.3 Å². The van der Waals surface area contributed by atoms with E-state index < -0.39 is 0 Å². The summed E-state index contributed by atoms with van der Waals surface area (Å²) in [5.74, 6) is 0.670. The van der Waals surface area contributed by atoms with Crippen LogP contribution in [0.5, 0.6) is 0 Å². The smallest absolute Gasteiger partial charge is 0.257 e. The van der Waals surface area contributed by atoms with Crippen molar-refractivity contribution in [3.05, 3.63) is 50.9 Å². The van der Waals surface area contributed by atoms with Crippen LogP contribution in [0.3, 0.4) is 0 Å². The maximum absolute atomic E-state index is 12.8. The minimum absolute atomic E-state index is 0.0576. The highest BCUT2D eigenvalue weighted by atomic mass is 32.2. The summed E-state index contributed by atoms with van der Waals surface area (Å²) in [6.07, 6.45) is 3.02. The average Bonchev–Trinajstić information content (AvgIpc) is 3.18. The molecule has 1 unspecified atom stereocenters.